The van der Waals surface area contributed by atoms with Crippen molar-refractivity contribution < 1.29 is 47.9 Å². The molecule has 14 nitrogen and oxygen atoms in total. The van der Waals surface area contributed by atoms with Crippen LogP contribution in [0.1, 0.15) is 53.9 Å². The first-order chi connectivity index (χ1) is 24.1. The van der Waals surface area contributed by atoms with Crippen LogP contribution in [0.4, 0.5) is 4.79 Å². The van der Waals surface area contributed by atoms with Gasteiger partial charge in [0, 0.05) is 5.70 Å². The smallest absolute Gasteiger partial charge is 0.338 e. The summed E-state index contributed by atoms with van der Waals surface area (Å²) in [4.78, 5) is 36.5. The molecule has 4 rings (SSSR count). The van der Waals surface area contributed by atoms with Gasteiger partial charge in [0.1, 0.15) is 13.2 Å². The Bertz CT molecular complexity index is 1750. The molecule has 50 heavy (non-hydrogen) atoms. The van der Waals surface area contributed by atoms with Crippen LogP contribution in [-0.4, -0.2) is 69.6 Å². The second-order valence-electron chi connectivity index (χ2n) is 10.7. The fourth-order valence-electron chi connectivity index (χ4n) is 4.88. The molecular formula is C35H39ClN4O10. The number of ether oxygens (including phenoxy) is 6. The van der Waals surface area contributed by atoms with E-state index in [4.69, 9.17) is 40.0 Å². The van der Waals surface area contributed by atoms with Crippen LogP contribution in [0.15, 0.2) is 71.0 Å². The number of nitrogens with zero attached hydrogens (tertiary/aromatic N) is 1. The topological polar surface area (TPSA) is 175 Å². The maximum Gasteiger partial charge on any atom is 0.338 e. The maximum atomic E-state index is 12.5. The standard InChI is InChI=1S/C35H39ClN4O10/c1-6-47-27-16-24(31-30(34(43)46-5)20(3)38-35(44)39-31)12-13-26(27)49-19-29(41)40-37-17-22-14-25(36)32(28(15-22)45-4)50-18-21-8-10-23(11-9-21)33(42)48-7-2/h8-17,29,31,40-41H,6-7,18-19H2,1-5H3,(H2,38,39,44)/b37-17+/t29-,31-/m1/s1. The second-order valence-corrected chi connectivity index (χ2v) is 11.1. The van der Waals surface area contributed by atoms with Crippen LogP contribution in [-0.2, 0) is 20.9 Å². The van der Waals surface area contributed by atoms with E-state index in [1.165, 1.54) is 20.4 Å². The molecule has 15 heteroatoms. The van der Waals surface area contributed by atoms with Crippen molar-refractivity contribution in [3.8, 4) is 23.0 Å². The number of nitrogens with one attached hydrogen (secondary N) is 3. The van der Waals surface area contributed by atoms with E-state index in [2.05, 4.69) is 21.2 Å². The summed E-state index contributed by atoms with van der Waals surface area (Å²) < 4.78 is 32.9. The number of aliphatic hydroxyl groups excluding tert-OH is 1. The lowest BCUT2D eigenvalue weighted by Crippen LogP contribution is -2.45. The minimum Gasteiger partial charge on any atom is -0.493 e. The third kappa shape index (κ3) is 9.57. The number of hydrogen-bond donors (Lipinski definition) is 4. The molecule has 0 aliphatic carbocycles. The van der Waals surface area contributed by atoms with Crippen LogP contribution >= 0.6 is 11.6 Å². The minimum absolute atomic E-state index is 0.175. The van der Waals surface area contributed by atoms with Crippen molar-refractivity contribution in [2.45, 2.75) is 39.6 Å². The van der Waals surface area contributed by atoms with Crippen molar-refractivity contribution in [2.75, 3.05) is 34.0 Å². The van der Waals surface area contributed by atoms with Gasteiger partial charge in [-0.15, -0.1) is 0 Å². The number of halogens is 1. The van der Waals surface area contributed by atoms with E-state index in [0.717, 1.165) is 5.56 Å². The Morgan fingerprint density at radius 2 is 1.74 bits per heavy atom. The molecule has 1 aliphatic heterocycles. The van der Waals surface area contributed by atoms with E-state index in [0.29, 0.717) is 58.6 Å². The number of esters is 2. The summed E-state index contributed by atoms with van der Waals surface area (Å²) in [6, 6.07) is 13.8. The molecule has 4 N–H and O–H groups in total. The van der Waals surface area contributed by atoms with Crippen molar-refractivity contribution in [3.63, 3.8) is 0 Å². The number of carbonyl (C=O) groups excluding carboxylic acids is 3. The zero-order valence-corrected chi connectivity index (χ0v) is 29.0. The highest BCUT2D eigenvalue weighted by Crippen LogP contribution is 2.37. The van der Waals surface area contributed by atoms with Crippen LogP contribution < -0.4 is 35.0 Å². The van der Waals surface area contributed by atoms with Gasteiger partial charge in [0.05, 0.1) is 55.8 Å². The minimum atomic E-state index is -1.21. The van der Waals surface area contributed by atoms with Gasteiger partial charge >= 0.3 is 18.0 Å². The number of methoxy groups -OCH3 is 2. The van der Waals surface area contributed by atoms with Gasteiger partial charge in [-0.1, -0.05) is 29.8 Å². The highest BCUT2D eigenvalue weighted by molar-refractivity contribution is 6.32. The third-order valence-corrected chi connectivity index (χ3v) is 7.49. The number of hydrazone groups is 1. The second kappa shape index (κ2) is 17.8. The molecule has 0 bridgehead atoms. The lowest BCUT2D eigenvalue weighted by Gasteiger charge is -2.28. The highest BCUT2D eigenvalue weighted by atomic mass is 35.5. The first-order valence-corrected chi connectivity index (χ1v) is 15.9. The molecule has 0 radical (unpaired) electrons. The maximum absolute atomic E-state index is 12.5. The average molecular weight is 711 g/mol. The van der Waals surface area contributed by atoms with E-state index in [1.807, 2.05) is 0 Å². The Morgan fingerprint density at radius 1 is 0.980 bits per heavy atom. The van der Waals surface area contributed by atoms with Gasteiger partial charge in [0.2, 0.25) is 0 Å². The van der Waals surface area contributed by atoms with Crippen LogP contribution in [0, 0.1) is 0 Å². The molecule has 0 saturated carbocycles. The molecule has 0 aromatic heterocycles. The third-order valence-electron chi connectivity index (χ3n) is 7.21. The largest absolute Gasteiger partial charge is 0.493 e. The SMILES string of the molecule is CCOC(=O)c1ccc(COc2c(Cl)cc(/C=N/N[C@H](O)COc3ccc([C@H]4NC(=O)NC(C)=C4C(=O)OC)cc3OCC)cc2OC)cc1. The number of hydrogen-bond acceptors (Lipinski definition) is 12. The summed E-state index contributed by atoms with van der Waals surface area (Å²) in [7, 11) is 2.74. The number of urea groups is 1. The van der Waals surface area contributed by atoms with Crippen LogP contribution in [0.2, 0.25) is 5.02 Å². The zero-order chi connectivity index (χ0) is 36.2. The number of carbonyl (C=O) groups is 3. The molecule has 2 amide bonds. The van der Waals surface area contributed by atoms with Gasteiger partial charge in [-0.3, -0.25) is 5.43 Å². The first kappa shape index (κ1) is 37.4. The number of amides is 2. The molecular weight excluding hydrogens is 672 g/mol. The van der Waals surface area contributed by atoms with Crippen molar-refractivity contribution in [1.82, 2.24) is 16.1 Å². The summed E-state index contributed by atoms with van der Waals surface area (Å²) in [5, 5.41) is 20.2. The molecule has 0 saturated heterocycles. The average Bonchev–Trinajstić information content (AvgIpc) is 3.10. The Hall–Kier alpha value is -5.47. The summed E-state index contributed by atoms with van der Waals surface area (Å²) in [5.41, 5.74) is 5.59. The van der Waals surface area contributed by atoms with E-state index in [1.54, 1.807) is 75.4 Å². The van der Waals surface area contributed by atoms with Crippen molar-refractivity contribution in [1.29, 1.82) is 0 Å². The molecule has 1 aliphatic rings. The predicted octanol–water partition coefficient (Wildman–Crippen LogP) is 4.62. The normalized spacial score (nSPS) is 14.7. The Balaban J connectivity index is 1.36. The Kier molecular flexibility index (Phi) is 13.3. The van der Waals surface area contributed by atoms with E-state index >= 15 is 0 Å². The van der Waals surface area contributed by atoms with Gasteiger partial charge in [-0.05, 0) is 73.9 Å². The first-order valence-electron chi connectivity index (χ1n) is 15.6. The number of aliphatic hydroxyl groups is 1. The van der Waals surface area contributed by atoms with E-state index in [-0.39, 0.29) is 23.8 Å². The number of allylic oxidation sites excluding steroid dienone is 1. The fourth-order valence-corrected chi connectivity index (χ4v) is 5.16. The van der Waals surface area contributed by atoms with Crippen molar-refractivity contribution in [2.24, 2.45) is 5.10 Å². The van der Waals surface area contributed by atoms with E-state index in [9.17, 15) is 19.5 Å². The molecule has 0 spiro atoms. The fraction of sp³-hybridized carbons (Fsp3) is 0.314. The monoisotopic (exact) mass is 710 g/mol. The van der Waals surface area contributed by atoms with Crippen LogP contribution in [0.3, 0.4) is 0 Å². The lowest BCUT2D eigenvalue weighted by atomic mass is 9.95. The van der Waals surface area contributed by atoms with E-state index < -0.39 is 30.2 Å². The van der Waals surface area contributed by atoms with Crippen LogP contribution in [0.25, 0.3) is 0 Å². The highest BCUT2D eigenvalue weighted by Gasteiger charge is 2.32. The molecule has 3 aromatic carbocycles. The molecule has 266 valence electrons. The van der Waals surface area contributed by atoms with Gasteiger partial charge in [0.25, 0.3) is 0 Å². The number of rotatable bonds is 16. The molecule has 2 atom stereocenters. The predicted molar refractivity (Wildman–Crippen MR) is 184 cm³/mol. The van der Waals surface area contributed by atoms with Gasteiger partial charge < -0.3 is 44.2 Å². The Morgan fingerprint density at radius 3 is 2.42 bits per heavy atom. The summed E-state index contributed by atoms with van der Waals surface area (Å²) in [5.74, 6) is 0.374. The summed E-state index contributed by atoms with van der Waals surface area (Å²) in [6.45, 7) is 5.73. The number of benzene rings is 3. The molecule has 3 aromatic rings. The quantitative estimate of drug-likeness (QED) is 0.0706. The molecule has 0 fully saturated rings. The van der Waals surface area contributed by atoms with Crippen molar-refractivity contribution >= 4 is 35.8 Å². The van der Waals surface area contributed by atoms with Crippen molar-refractivity contribution in [3.05, 3.63) is 93.1 Å². The lowest BCUT2D eigenvalue weighted by molar-refractivity contribution is -0.136. The zero-order valence-electron chi connectivity index (χ0n) is 28.2. The van der Waals surface area contributed by atoms with Gasteiger partial charge in [0.15, 0.2) is 29.2 Å². The Labute approximate surface area is 294 Å². The van der Waals surface area contributed by atoms with Gasteiger partial charge in [-0.2, -0.15) is 5.10 Å². The summed E-state index contributed by atoms with van der Waals surface area (Å²) in [6.07, 6.45) is 0.230. The summed E-state index contributed by atoms with van der Waals surface area (Å²) >= 11 is 6.51. The molecule has 0 unspecified atom stereocenters. The molecule has 1 heterocycles. The van der Waals surface area contributed by atoms with Crippen LogP contribution in [0.5, 0.6) is 23.0 Å². The van der Waals surface area contributed by atoms with Gasteiger partial charge in [-0.25, -0.2) is 14.4 Å².